The first kappa shape index (κ1) is 16.5. The lowest BCUT2D eigenvalue weighted by Crippen LogP contribution is -2.43. The number of nitrogens with zero attached hydrogens (tertiary/aromatic N) is 1. The molecule has 0 aliphatic carbocycles. The highest BCUT2D eigenvalue weighted by molar-refractivity contribution is 6.39. The molecule has 0 aromatic heterocycles. The molecule has 22 heavy (non-hydrogen) atoms. The second-order valence-electron chi connectivity index (χ2n) is 5.48. The van der Waals surface area contributed by atoms with Gasteiger partial charge in [-0.25, -0.2) is 0 Å². The van der Waals surface area contributed by atoms with Crippen LogP contribution >= 0.6 is 0 Å². The maximum absolute atomic E-state index is 11.9. The van der Waals surface area contributed by atoms with E-state index in [1.807, 2.05) is 32.0 Å². The summed E-state index contributed by atoms with van der Waals surface area (Å²) in [5.41, 5.74) is 2.64. The minimum atomic E-state index is -0.629. The van der Waals surface area contributed by atoms with Crippen LogP contribution in [0, 0.1) is 13.8 Å². The van der Waals surface area contributed by atoms with Crippen LogP contribution in [0.4, 0.5) is 5.69 Å². The zero-order valence-electron chi connectivity index (χ0n) is 13.1. The Hall–Kier alpha value is -1.92. The average molecular weight is 305 g/mol. The standard InChI is InChI=1S/C16H23N3O3/c1-12-3-4-13(2)14(11-12)18-16(21)15(20)17-5-6-19-7-9-22-10-8-19/h3-4,11H,5-10H2,1-2H3,(H,17,20)(H,18,21). The van der Waals surface area contributed by atoms with Gasteiger partial charge in [-0.05, 0) is 31.0 Å². The second-order valence-corrected chi connectivity index (χ2v) is 5.48. The molecule has 1 aromatic carbocycles. The van der Waals surface area contributed by atoms with Crippen molar-refractivity contribution in [2.45, 2.75) is 13.8 Å². The molecule has 2 N–H and O–H groups in total. The Morgan fingerprint density at radius 2 is 1.91 bits per heavy atom. The Morgan fingerprint density at radius 1 is 1.18 bits per heavy atom. The Balaban J connectivity index is 1.76. The fourth-order valence-electron chi connectivity index (χ4n) is 2.28. The fraction of sp³-hybridized carbons (Fsp3) is 0.500. The molecule has 2 rings (SSSR count). The van der Waals surface area contributed by atoms with Crippen molar-refractivity contribution in [1.29, 1.82) is 0 Å². The monoisotopic (exact) mass is 305 g/mol. The summed E-state index contributed by atoms with van der Waals surface area (Å²) < 4.78 is 5.26. The van der Waals surface area contributed by atoms with Crippen LogP contribution in [0.2, 0.25) is 0 Å². The number of anilines is 1. The van der Waals surface area contributed by atoms with Crippen molar-refractivity contribution in [2.24, 2.45) is 0 Å². The molecular weight excluding hydrogens is 282 g/mol. The predicted molar refractivity (Wildman–Crippen MR) is 84.8 cm³/mol. The van der Waals surface area contributed by atoms with E-state index in [4.69, 9.17) is 4.74 Å². The summed E-state index contributed by atoms with van der Waals surface area (Å²) >= 11 is 0. The highest BCUT2D eigenvalue weighted by Crippen LogP contribution is 2.15. The van der Waals surface area contributed by atoms with E-state index in [-0.39, 0.29) is 0 Å². The molecule has 1 heterocycles. The van der Waals surface area contributed by atoms with Crippen LogP contribution in [0.15, 0.2) is 18.2 Å². The molecule has 1 saturated heterocycles. The van der Waals surface area contributed by atoms with Gasteiger partial charge in [0, 0.05) is 31.9 Å². The lowest BCUT2D eigenvalue weighted by atomic mass is 10.1. The quantitative estimate of drug-likeness (QED) is 0.803. The molecule has 0 saturated carbocycles. The van der Waals surface area contributed by atoms with Crippen molar-refractivity contribution in [1.82, 2.24) is 10.2 Å². The highest BCUT2D eigenvalue weighted by Gasteiger charge is 2.15. The maximum atomic E-state index is 11.9. The predicted octanol–water partition coefficient (Wildman–Crippen LogP) is 0.690. The van der Waals surface area contributed by atoms with E-state index in [0.717, 1.165) is 44.0 Å². The minimum Gasteiger partial charge on any atom is -0.379 e. The average Bonchev–Trinajstić information content (AvgIpc) is 2.52. The largest absolute Gasteiger partial charge is 0.379 e. The number of carbonyl (C=O) groups excluding carboxylic acids is 2. The summed E-state index contributed by atoms with van der Waals surface area (Å²) in [6.07, 6.45) is 0. The zero-order chi connectivity index (χ0) is 15.9. The van der Waals surface area contributed by atoms with E-state index in [9.17, 15) is 9.59 Å². The second kappa shape index (κ2) is 7.91. The van der Waals surface area contributed by atoms with Crippen LogP contribution in [-0.4, -0.2) is 56.1 Å². The number of nitrogens with one attached hydrogen (secondary N) is 2. The van der Waals surface area contributed by atoms with Crippen LogP contribution in [0.5, 0.6) is 0 Å². The van der Waals surface area contributed by atoms with Crippen LogP contribution in [0.3, 0.4) is 0 Å². The van der Waals surface area contributed by atoms with E-state index in [0.29, 0.717) is 12.2 Å². The van der Waals surface area contributed by atoms with Gasteiger partial charge in [0.15, 0.2) is 0 Å². The van der Waals surface area contributed by atoms with Gasteiger partial charge < -0.3 is 15.4 Å². The Bertz CT molecular complexity index is 539. The number of carbonyl (C=O) groups is 2. The number of ether oxygens (including phenoxy) is 1. The van der Waals surface area contributed by atoms with Gasteiger partial charge in [-0.15, -0.1) is 0 Å². The first-order chi connectivity index (χ1) is 10.6. The van der Waals surface area contributed by atoms with E-state index in [1.54, 1.807) is 0 Å². The van der Waals surface area contributed by atoms with E-state index < -0.39 is 11.8 Å². The molecule has 0 bridgehead atoms. The van der Waals surface area contributed by atoms with E-state index in [2.05, 4.69) is 15.5 Å². The zero-order valence-corrected chi connectivity index (χ0v) is 13.1. The first-order valence-electron chi connectivity index (χ1n) is 7.53. The SMILES string of the molecule is Cc1ccc(C)c(NC(=O)C(=O)NCCN2CCOCC2)c1. The molecule has 0 atom stereocenters. The number of morpholine rings is 1. The Kier molecular flexibility index (Phi) is 5.91. The van der Waals surface area contributed by atoms with Crippen LogP contribution in [-0.2, 0) is 14.3 Å². The minimum absolute atomic E-state index is 0.457. The molecule has 2 amide bonds. The van der Waals surface area contributed by atoms with E-state index in [1.165, 1.54) is 0 Å². The number of hydrogen-bond donors (Lipinski definition) is 2. The van der Waals surface area contributed by atoms with Gasteiger partial charge in [-0.2, -0.15) is 0 Å². The molecule has 6 heteroatoms. The van der Waals surface area contributed by atoms with Crippen LogP contribution in [0.25, 0.3) is 0 Å². The van der Waals surface area contributed by atoms with Crippen molar-refractivity contribution in [3.8, 4) is 0 Å². The summed E-state index contributed by atoms with van der Waals surface area (Å²) in [6, 6.07) is 5.74. The van der Waals surface area contributed by atoms with Crippen molar-refractivity contribution in [3.05, 3.63) is 29.3 Å². The molecule has 0 unspecified atom stereocenters. The molecule has 120 valence electrons. The molecule has 1 aromatic rings. The van der Waals surface area contributed by atoms with Crippen molar-refractivity contribution in [2.75, 3.05) is 44.7 Å². The van der Waals surface area contributed by atoms with Gasteiger partial charge in [-0.1, -0.05) is 12.1 Å². The number of rotatable bonds is 4. The molecule has 6 nitrogen and oxygen atoms in total. The number of benzene rings is 1. The fourth-order valence-corrected chi connectivity index (χ4v) is 2.28. The van der Waals surface area contributed by atoms with Gasteiger partial charge in [0.1, 0.15) is 0 Å². The van der Waals surface area contributed by atoms with Gasteiger partial charge in [-0.3, -0.25) is 14.5 Å². The molecule has 1 aliphatic heterocycles. The van der Waals surface area contributed by atoms with Crippen molar-refractivity contribution in [3.63, 3.8) is 0 Å². The van der Waals surface area contributed by atoms with Gasteiger partial charge >= 0.3 is 11.8 Å². The van der Waals surface area contributed by atoms with Gasteiger partial charge in [0.25, 0.3) is 0 Å². The summed E-state index contributed by atoms with van der Waals surface area (Å²) in [7, 11) is 0. The Morgan fingerprint density at radius 3 is 2.64 bits per heavy atom. The third-order valence-corrected chi connectivity index (χ3v) is 3.66. The summed E-state index contributed by atoms with van der Waals surface area (Å²) in [5, 5.41) is 5.31. The lowest BCUT2D eigenvalue weighted by Gasteiger charge is -2.26. The summed E-state index contributed by atoms with van der Waals surface area (Å²) in [6.45, 7) is 8.20. The number of hydrogen-bond acceptors (Lipinski definition) is 4. The third-order valence-electron chi connectivity index (χ3n) is 3.66. The van der Waals surface area contributed by atoms with E-state index >= 15 is 0 Å². The first-order valence-corrected chi connectivity index (χ1v) is 7.53. The summed E-state index contributed by atoms with van der Waals surface area (Å²) in [5.74, 6) is -1.23. The third kappa shape index (κ3) is 4.82. The molecule has 0 spiro atoms. The van der Waals surface area contributed by atoms with Gasteiger partial charge in [0.2, 0.25) is 0 Å². The molecule has 1 aliphatic rings. The topological polar surface area (TPSA) is 70.7 Å². The van der Waals surface area contributed by atoms with Crippen molar-refractivity contribution >= 4 is 17.5 Å². The normalized spacial score (nSPS) is 15.4. The van der Waals surface area contributed by atoms with Crippen LogP contribution in [0.1, 0.15) is 11.1 Å². The number of aryl methyl sites for hydroxylation is 2. The van der Waals surface area contributed by atoms with Crippen molar-refractivity contribution < 1.29 is 14.3 Å². The Labute approximate surface area is 130 Å². The summed E-state index contributed by atoms with van der Waals surface area (Å²) in [4.78, 5) is 25.9. The highest BCUT2D eigenvalue weighted by atomic mass is 16.5. The maximum Gasteiger partial charge on any atom is 0.313 e. The number of amides is 2. The molecular formula is C16H23N3O3. The molecule has 0 radical (unpaired) electrons. The smallest absolute Gasteiger partial charge is 0.313 e. The molecule has 1 fully saturated rings. The van der Waals surface area contributed by atoms with Gasteiger partial charge in [0.05, 0.1) is 13.2 Å². The van der Waals surface area contributed by atoms with Crippen LogP contribution < -0.4 is 10.6 Å². The lowest BCUT2D eigenvalue weighted by molar-refractivity contribution is -0.136.